The lowest BCUT2D eigenvalue weighted by molar-refractivity contribution is 0.242. The van der Waals surface area contributed by atoms with Crippen molar-refractivity contribution in [2.45, 2.75) is 58.4 Å². The Morgan fingerprint density at radius 1 is 1.25 bits per heavy atom. The van der Waals surface area contributed by atoms with Gasteiger partial charge >= 0.3 is 0 Å². The second-order valence-corrected chi connectivity index (χ2v) is 7.66. The number of halogens is 2. The van der Waals surface area contributed by atoms with Crippen molar-refractivity contribution in [1.29, 1.82) is 0 Å². The molecule has 3 heteroatoms. The van der Waals surface area contributed by atoms with E-state index >= 15 is 0 Å². The van der Waals surface area contributed by atoms with Crippen molar-refractivity contribution < 1.29 is 4.39 Å². The Morgan fingerprint density at radius 2 is 1.90 bits per heavy atom. The molecule has 0 spiro atoms. The first-order chi connectivity index (χ1) is 9.30. The zero-order valence-corrected chi connectivity index (χ0v) is 13.5. The average Bonchev–Trinajstić information content (AvgIpc) is 2.79. The molecule has 1 N–H and O–H groups in total. The number of benzene rings is 1. The molecule has 1 nitrogen and oxygen atoms in total. The first-order valence-electron chi connectivity index (χ1n) is 7.49. The Morgan fingerprint density at radius 3 is 2.45 bits per heavy atom. The van der Waals surface area contributed by atoms with E-state index in [0.29, 0.717) is 5.02 Å². The van der Waals surface area contributed by atoms with E-state index in [4.69, 9.17) is 11.6 Å². The van der Waals surface area contributed by atoms with Gasteiger partial charge in [-0.05, 0) is 63.1 Å². The van der Waals surface area contributed by atoms with Gasteiger partial charge in [-0.2, -0.15) is 0 Å². The van der Waals surface area contributed by atoms with Gasteiger partial charge in [0, 0.05) is 17.1 Å². The molecule has 1 fully saturated rings. The van der Waals surface area contributed by atoms with Crippen LogP contribution in [-0.2, 0) is 6.42 Å². The highest BCUT2D eigenvalue weighted by atomic mass is 35.5. The van der Waals surface area contributed by atoms with E-state index < -0.39 is 0 Å². The maximum atomic E-state index is 14.0. The molecule has 1 aromatic rings. The third-order valence-electron chi connectivity index (χ3n) is 4.24. The van der Waals surface area contributed by atoms with Crippen molar-refractivity contribution in [2.24, 2.45) is 5.41 Å². The van der Waals surface area contributed by atoms with E-state index in [0.717, 1.165) is 18.5 Å². The monoisotopic (exact) mass is 297 g/mol. The molecule has 0 aliphatic heterocycles. The van der Waals surface area contributed by atoms with E-state index in [1.807, 2.05) is 6.07 Å². The predicted molar refractivity (Wildman–Crippen MR) is 83.8 cm³/mol. The van der Waals surface area contributed by atoms with Gasteiger partial charge in [-0.25, -0.2) is 4.39 Å². The Kier molecular flexibility index (Phi) is 4.76. The van der Waals surface area contributed by atoms with Gasteiger partial charge in [-0.3, -0.25) is 0 Å². The molecule has 112 valence electrons. The molecule has 1 aliphatic rings. The fourth-order valence-electron chi connectivity index (χ4n) is 3.06. The van der Waals surface area contributed by atoms with E-state index in [9.17, 15) is 4.39 Å². The van der Waals surface area contributed by atoms with Crippen LogP contribution in [0.1, 0.15) is 52.0 Å². The summed E-state index contributed by atoms with van der Waals surface area (Å²) in [7, 11) is 0. The zero-order valence-electron chi connectivity index (χ0n) is 12.7. The van der Waals surface area contributed by atoms with Gasteiger partial charge in [-0.15, -0.1) is 0 Å². The summed E-state index contributed by atoms with van der Waals surface area (Å²) < 4.78 is 14.0. The number of hydrogen-bond donors (Lipinski definition) is 1. The van der Waals surface area contributed by atoms with E-state index in [1.54, 1.807) is 6.07 Å². The smallest absolute Gasteiger partial charge is 0.127 e. The molecule has 0 saturated heterocycles. The van der Waals surface area contributed by atoms with Crippen molar-refractivity contribution in [2.75, 3.05) is 6.54 Å². The summed E-state index contributed by atoms with van der Waals surface area (Å²) in [5.41, 5.74) is 1.10. The zero-order chi connectivity index (χ0) is 14.8. The molecule has 1 saturated carbocycles. The lowest BCUT2D eigenvalue weighted by Gasteiger charge is -2.33. The third kappa shape index (κ3) is 4.20. The molecule has 20 heavy (non-hydrogen) atoms. The third-order valence-corrected chi connectivity index (χ3v) is 4.47. The standard InChI is InChI=1S/C17H25ClFN/c1-16(2,3)20-12-17(8-4-5-9-17)11-13-6-7-14(18)10-15(13)19/h6-7,10,20H,4-5,8-9,11-12H2,1-3H3. The normalized spacial score (nSPS) is 18.4. The summed E-state index contributed by atoms with van der Waals surface area (Å²) in [5.74, 6) is -0.167. The maximum Gasteiger partial charge on any atom is 0.127 e. The highest BCUT2D eigenvalue weighted by molar-refractivity contribution is 6.30. The molecule has 0 aromatic heterocycles. The average molecular weight is 298 g/mol. The Balaban J connectivity index is 2.12. The molecule has 0 atom stereocenters. The summed E-state index contributed by atoms with van der Waals surface area (Å²) in [6.07, 6.45) is 5.66. The van der Waals surface area contributed by atoms with Gasteiger partial charge in [0.25, 0.3) is 0 Å². The highest BCUT2D eigenvalue weighted by Gasteiger charge is 2.35. The first-order valence-corrected chi connectivity index (χ1v) is 7.87. The number of hydrogen-bond acceptors (Lipinski definition) is 1. The van der Waals surface area contributed by atoms with Gasteiger partial charge in [0.05, 0.1) is 0 Å². The van der Waals surface area contributed by atoms with Gasteiger partial charge in [0.1, 0.15) is 5.82 Å². The van der Waals surface area contributed by atoms with Crippen LogP contribution in [0.5, 0.6) is 0 Å². The van der Waals surface area contributed by atoms with Gasteiger partial charge in [0.2, 0.25) is 0 Å². The second-order valence-electron chi connectivity index (χ2n) is 7.22. The minimum absolute atomic E-state index is 0.105. The number of nitrogens with one attached hydrogen (secondary N) is 1. The van der Waals surface area contributed by atoms with Gasteiger partial charge in [0.15, 0.2) is 0 Å². The Bertz CT molecular complexity index is 459. The minimum atomic E-state index is -0.167. The molecule has 0 radical (unpaired) electrons. The molecule has 0 unspecified atom stereocenters. The van der Waals surface area contributed by atoms with E-state index in [2.05, 4.69) is 26.1 Å². The van der Waals surface area contributed by atoms with Crippen molar-refractivity contribution >= 4 is 11.6 Å². The molecule has 0 heterocycles. The van der Waals surface area contributed by atoms with Crippen molar-refractivity contribution in [3.63, 3.8) is 0 Å². The van der Waals surface area contributed by atoms with Crippen LogP contribution in [0.3, 0.4) is 0 Å². The van der Waals surface area contributed by atoms with Gasteiger partial charge in [-0.1, -0.05) is 30.5 Å². The molecule has 0 amide bonds. The van der Waals surface area contributed by atoms with Crippen LogP contribution >= 0.6 is 11.6 Å². The van der Waals surface area contributed by atoms with Crippen LogP contribution in [-0.4, -0.2) is 12.1 Å². The quantitative estimate of drug-likeness (QED) is 0.827. The fraction of sp³-hybridized carbons (Fsp3) is 0.647. The molecular weight excluding hydrogens is 273 g/mol. The fourth-order valence-corrected chi connectivity index (χ4v) is 3.22. The lowest BCUT2D eigenvalue weighted by atomic mass is 9.79. The lowest BCUT2D eigenvalue weighted by Crippen LogP contribution is -2.44. The van der Waals surface area contributed by atoms with Crippen LogP contribution in [0.25, 0.3) is 0 Å². The predicted octanol–water partition coefficient (Wildman–Crippen LogP) is 4.97. The summed E-state index contributed by atoms with van der Waals surface area (Å²) in [4.78, 5) is 0. The van der Waals surface area contributed by atoms with Crippen LogP contribution < -0.4 is 5.32 Å². The number of rotatable bonds is 4. The van der Waals surface area contributed by atoms with E-state index in [-0.39, 0.29) is 16.8 Å². The highest BCUT2D eigenvalue weighted by Crippen LogP contribution is 2.41. The largest absolute Gasteiger partial charge is 0.312 e. The topological polar surface area (TPSA) is 12.0 Å². The van der Waals surface area contributed by atoms with Crippen molar-refractivity contribution in [3.8, 4) is 0 Å². The summed E-state index contributed by atoms with van der Waals surface area (Å²) in [6, 6.07) is 5.06. The van der Waals surface area contributed by atoms with Crippen LogP contribution in [0, 0.1) is 11.2 Å². The second kappa shape index (κ2) is 6.03. The molecular formula is C17H25ClFN. The first kappa shape index (κ1) is 15.8. The Hall–Kier alpha value is -0.600. The van der Waals surface area contributed by atoms with Crippen molar-refractivity contribution in [1.82, 2.24) is 5.32 Å². The maximum absolute atomic E-state index is 14.0. The molecule has 2 rings (SSSR count). The Labute approximate surface area is 126 Å². The molecule has 1 aromatic carbocycles. The van der Waals surface area contributed by atoms with Gasteiger partial charge < -0.3 is 5.32 Å². The van der Waals surface area contributed by atoms with E-state index in [1.165, 1.54) is 31.7 Å². The van der Waals surface area contributed by atoms with Crippen LogP contribution in [0.4, 0.5) is 4.39 Å². The van der Waals surface area contributed by atoms with Crippen LogP contribution in [0.15, 0.2) is 18.2 Å². The van der Waals surface area contributed by atoms with Crippen molar-refractivity contribution in [3.05, 3.63) is 34.6 Å². The van der Waals surface area contributed by atoms with Crippen LogP contribution in [0.2, 0.25) is 5.02 Å². The molecule has 0 bridgehead atoms. The summed E-state index contributed by atoms with van der Waals surface area (Å²) in [6.45, 7) is 7.49. The molecule has 1 aliphatic carbocycles. The summed E-state index contributed by atoms with van der Waals surface area (Å²) >= 11 is 5.84. The SMILES string of the molecule is CC(C)(C)NCC1(Cc2ccc(Cl)cc2F)CCCC1. The minimum Gasteiger partial charge on any atom is -0.312 e. The summed E-state index contributed by atoms with van der Waals surface area (Å²) in [5, 5.41) is 4.08.